The molecule has 2 rings (SSSR count). The number of anilines is 3. The molecule has 0 fully saturated rings. The SMILES string of the molecule is CNC(=O)OCCNc1nc(Nc2ccc(Cl)c(Cl)c2)ncc1C(F)(F)F. The summed E-state index contributed by atoms with van der Waals surface area (Å²) in [6.45, 7) is -0.240. The van der Waals surface area contributed by atoms with Gasteiger partial charge in [0.1, 0.15) is 18.0 Å². The molecule has 1 heterocycles. The van der Waals surface area contributed by atoms with Gasteiger partial charge in [-0.05, 0) is 18.2 Å². The van der Waals surface area contributed by atoms with Crippen molar-refractivity contribution in [2.45, 2.75) is 6.18 Å². The summed E-state index contributed by atoms with van der Waals surface area (Å²) in [6, 6.07) is 4.57. The van der Waals surface area contributed by atoms with E-state index in [4.69, 9.17) is 27.9 Å². The van der Waals surface area contributed by atoms with Crippen LogP contribution in [-0.4, -0.2) is 36.3 Å². The molecule has 0 radical (unpaired) electrons. The number of hydrogen-bond donors (Lipinski definition) is 3. The van der Waals surface area contributed by atoms with Gasteiger partial charge >= 0.3 is 12.3 Å². The zero-order valence-corrected chi connectivity index (χ0v) is 15.3. The Bertz CT molecular complexity index is 821. The van der Waals surface area contributed by atoms with Crippen LogP contribution in [0.3, 0.4) is 0 Å². The van der Waals surface area contributed by atoms with E-state index in [1.54, 1.807) is 6.07 Å². The molecule has 0 spiro atoms. The Kier molecular flexibility index (Phi) is 6.92. The number of carbonyl (C=O) groups excluding carboxylic acids is 1. The summed E-state index contributed by atoms with van der Waals surface area (Å²) in [5.41, 5.74) is -0.611. The number of nitrogens with zero attached hydrogens (tertiary/aromatic N) is 2. The van der Waals surface area contributed by atoms with Gasteiger partial charge < -0.3 is 20.7 Å². The van der Waals surface area contributed by atoms with Crippen LogP contribution in [0.1, 0.15) is 5.56 Å². The number of carbonyl (C=O) groups is 1. The van der Waals surface area contributed by atoms with Crippen molar-refractivity contribution in [3.05, 3.63) is 40.0 Å². The number of amides is 1. The van der Waals surface area contributed by atoms with E-state index in [1.807, 2.05) is 0 Å². The van der Waals surface area contributed by atoms with Crippen LogP contribution >= 0.6 is 23.2 Å². The van der Waals surface area contributed by atoms with Crippen LogP contribution in [0.4, 0.5) is 35.4 Å². The Morgan fingerprint density at radius 3 is 2.63 bits per heavy atom. The number of ether oxygens (including phenoxy) is 1. The first kappa shape index (κ1) is 20.8. The van der Waals surface area contributed by atoms with E-state index in [-0.39, 0.29) is 24.1 Å². The fourth-order valence-corrected chi connectivity index (χ4v) is 2.17. The highest BCUT2D eigenvalue weighted by Gasteiger charge is 2.35. The fourth-order valence-electron chi connectivity index (χ4n) is 1.87. The Morgan fingerprint density at radius 1 is 1.26 bits per heavy atom. The van der Waals surface area contributed by atoms with E-state index in [9.17, 15) is 18.0 Å². The summed E-state index contributed by atoms with van der Waals surface area (Å²) in [7, 11) is 1.36. The maximum absolute atomic E-state index is 13.1. The summed E-state index contributed by atoms with van der Waals surface area (Å²) in [5, 5.41) is 8.03. The third-order valence-corrected chi connectivity index (χ3v) is 3.84. The quantitative estimate of drug-likeness (QED) is 0.599. The highest BCUT2D eigenvalue weighted by atomic mass is 35.5. The van der Waals surface area contributed by atoms with Crippen molar-refractivity contribution in [2.24, 2.45) is 0 Å². The Balaban J connectivity index is 2.17. The predicted molar refractivity (Wildman–Crippen MR) is 95.7 cm³/mol. The van der Waals surface area contributed by atoms with Gasteiger partial charge in [0.25, 0.3) is 0 Å². The number of benzene rings is 1. The molecule has 0 bridgehead atoms. The fraction of sp³-hybridized carbons (Fsp3) is 0.267. The summed E-state index contributed by atoms with van der Waals surface area (Å²) in [6.07, 6.45) is -4.71. The number of alkyl halides is 3. The molecule has 27 heavy (non-hydrogen) atoms. The molecular formula is C15H14Cl2F3N5O2. The van der Waals surface area contributed by atoms with Crippen LogP contribution in [0, 0.1) is 0 Å². The van der Waals surface area contributed by atoms with Crippen molar-refractivity contribution in [1.82, 2.24) is 15.3 Å². The second kappa shape index (κ2) is 8.96. The van der Waals surface area contributed by atoms with Crippen molar-refractivity contribution in [2.75, 3.05) is 30.8 Å². The summed E-state index contributed by atoms with van der Waals surface area (Å²) < 4.78 is 44.1. The van der Waals surface area contributed by atoms with E-state index in [2.05, 4.69) is 25.9 Å². The largest absolute Gasteiger partial charge is 0.448 e. The molecule has 0 aliphatic rings. The van der Waals surface area contributed by atoms with Crippen LogP contribution in [0.25, 0.3) is 0 Å². The number of alkyl carbamates (subject to hydrolysis) is 1. The Morgan fingerprint density at radius 2 is 2.00 bits per heavy atom. The summed E-state index contributed by atoms with van der Waals surface area (Å²) in [4.78, 5) is 18.5. The molecule has 0 atom stereocenters. The molecule has 0 aliphatic carbocycles. The van der Waals surface area contributed by atoms with E-state index >= 15 is 0 Å². The maximum atomic E-state index is 13.1. The minimum Gasteiger partial charge on any atom is -0.448 e. The molecule has 0 unspecified atom stereocenters. The number of aromatic nitrogens is 2. The maximum Gasteiger partial charge on any atom is 0.421 e. The van der Waals surface area contributed by atoms with E-state index in [0.717, 1.165) is 0 Å². The lowest BCUT2D eigenvalue weighted by Crippen LogP contribution is -2.23. The van der Waals surface area contributed by atoms with Crippen LogP contribution in [0.15, 0.2) is 24.4 Å². The Labute approximate surface area is 162 Å². The molecule has 1 aromatic carbocycles. The van der Waals surface area contributed by atoms with Gasteiger partial charge in [-0.3, -0.25) is 0 Å². The molecule has 3 N–H and O–H groups in total. The lowest BCUT2D eigenvalue weighted by molar-refractivity contribution is -0.137. The highest BCUT2D eigenvalue weighted by molar-refractivity contribution is 6.42. The molecule has 2 aromatic rings. The van der Waals surface area contributed by atoms with Gasteiger partial charge in [0.2, 0.25) is 5.95 Å². The van der Waals surface area contributed by atoms with Gasteiger partial charge in [-0.1, -0.05) is 23.2 Å². The third-order valence-electron chi connectivity index (χ3n) is 3.10. The molecule has 7 nitrogen and oxygen atoms in total. The average molecular weight is 424 g/mol. The first-order chi connectivity index (χ1) is 12.7. The normalized spacial score (nSPS) is 11.0. The number of hydrogen-bond acceptors (Lipinski definition) is 6. The standard InChI is InChI=1S/C15H14Cl2F3N5O2/c1-21-14(26)27-5-4-22-12-9(15(18,19)20)7-23-13(25-12)24-8-2-3-10(16)11(17)6-8/h2-3,6-7H,4-5H2,1H3,(H,21,26)(H2,22,23,24,25). The molecule has 0 saturated heterocycles. The second-order valence-electron chi connectivity index (χ2n) is 5.02. The first-order valence-electron chi connectivity index (χ1n) is 7.45. The summed E-state index contributed by atoms with van der Waals surface area (Å²) >= 11 is 11.7. The van der Waals surface area contributed by atoms with Gasteiger partial charge in [0, 0.05) is 18.9 Å². The molecule has 12 heteroatoms. The van der Waals surface area contributed by atoms with Crippen LogP contribution in [-0.2, 0) is 10.9 Å². The molecule has 0 aliphatic heterocycles. The third kappa shape index (κ3) is 6.04. The molecular weight excluding hydrogens is 410 g/mol. The van der Waals surface area contributed by atoms with Crippen molar-refractivity contribution in [3.8, 4) is 0 Å². The van der Waals surface area contributed by atoms with Crippen LogP contribution in [0.2, 0.25) is 10.0 Å². The molecule has 146 valence electrons. The van der Waals surface area contributed by atoms with Crippen LogP contribution in [0.5, 0.6) is 0 Å². The van der Waals surface area contributed by atoms with Gasteiger partial charge in [0.15, 0.2) is 0 Å². The number of rotatable bonds is 6. The number of nitrogens with one attached hydrogen (secondary N) is 3. The van der Waals surface area contributed by atoms with Crippen molar-refractivity contribution < 1.29 is 22.7 Å². The van der Waals surface area contributed by atoms with E-state index in [0.29, 0.717) is 16.9 Å². The van der Waals surface area contributed by atoms with Crippen molar-refractivity contribution in [1.29, 1.82) is 0 Å². The first-order valence-corrected chi connectivity index (χ1v) is 8.21. The van der Waals surface area contributed by atoms with E-state index < -0.39 is 23.7 Å². The van der Waals surface area contributed by atoms with E-state index in [1.165, 1.54) is 19.2 Å². The molecule has 1 amide bonds. The van der Waals surface area contributed by atoms with Gasteiger partial charge in [-0.15, -0.1) is 0 Å². The second-order valence-corrected chi connectivity index (χ2v) is 5.83. The minimum absolute atomic E-state index is 0.0836. The van der Waals surface area contributed by atoms with Crippen LogP contribution < -0.4 is 16.0 Å². The van der Waals surface area contributed by atoms with Gasteiger partial charge in [-0.2, -0.15) is 18.2 Å². The highest BCUT2D eigenvalue weighted by Crippen LogP contribution is 2.34. The number of halogens is 5. The zero-order chi connectivity index (χ0) is 20.0. The zero-order valence-electron chi connectivity index (χ0n) is 13.8. The van der Waals surface area contributed by atoms with Crippen molar-refractivity contribution in [3.63, 3.8) is 0 Å². The van der Waals surface area contributed by atoms with Gasteiger partial charge in [0.05, 0.1) is 16.6 Å². The van der Waals surface area contributed by atoms with Crippen molar-refractivity contribution >= 4 is 46.7 Å². The average Bonchev–Trinajstić information content (AvgIpc) is 2.61. The van der Waals surface area contributed by atoms with Gasteiger partial charge in [-0.25, -0.2) is 9.78 Å². The predicted octanol–water partition coefficient (Wildman–Crippen LogP) is 4.31. The topological polar surface area (TPSA) is 88.2 Å². The minimum atomic E-state index is -4.66. The monoisotopic (exact) mass is 423 g/mol. The molecule has 0 saturated carbocycles. The smallest absolute Gasteiger partial charge is 0.421 e. The lowest BCUT2D eigenvalue weighted by atomic mass is 10.3. The lowest BCUT2D eigenvalue weighted by Gasteiger charge is -2.15. The Hall–Kier alpha value is -2.46. The summed E-state index contributed by atoms with van der Waals surface area (Å²) in [5.74, 6) is -0.545. The molecule has 1 aromatic heterocycles.